The van der Waals surface area contributed by atoms with Crippen LogP contribution in [0.3, 0.4) is 0 Å². The first-order chi connectivity index (χ1) is 30.4. The summed E-state index contributed by atoms with van der Waals surface area (Å²) in [6.07, 6.45) is 20.9. The van der Waals surface area contributed by atoms with Gasteiger partial charge < -0.3 is 4.42 Å². The minimum Gasteiger partial charge on any atom is -0.456 e. The Kier molecular flexibility index (Phi) is 19.4. The Bertz CT molecular complexity index is 2580. The van der Waals surface area contributed by atoms with Gasteiger partial charge in [0.1, 0.15) is 11.5 Å². The maximum Gasteiger partial charge on any atom is 0.134 e. The molecule has 332 valence electrons. The van der Waals surface area contributed by atoms with Crippen LogP contribution >= 0.6 is 0 Å². The topological polar surface area (TPSA) is 36.9 Å². The summed E-state index contributed by atoms with van der Waals surface area (Å²) in [7, 11) is 0. The minimum atomic E-state index is 0.0406. The third-order valence-electron chi connectivity index (χ3n) is 11.7. The van der Waals surface area contributed by atoms with Crippen LogP contribution in [-0.2, 0) is 17.3 Å². The number of allylic oxidation sites excluding steroid dienone is 7. The van der Waals surface area contributed by atoms with Crippen LogP contribution < -0.4 is 0 Å². The summed E-state index contributed by atoms with van der Waals surface area (Å²) in [5.74, 6) is 1.94. The Balaban J connectivity index is 0.000000224. The number of nitriles is 1. The van der Waals surface area contributed by atoms with Gasteiger partial charge >= 0.3 is 0 Å². The average Bonchev–Trinajstić information content (AvgIpc) is 3.74. The first-order valence-electron chi connectivity index (χ1n) is 22.5. The molecular weight excluding hydrogens is 775 g/mol. The molecule has 64 heavy (non-hydrogen) atoms. The lowest BCUT2D eigenvalue weighted by Crippen LogP contribution is -2.15. The summed E-state index contributed by atoms with van der Waals surface area (Å²) in [6, 6.07) is 27.4. The van der Waals surface area contributed by atoms with Crippen molar-refractivity contribution < 1.29 is 4.42 Å². The zero-order valence-electron chi connectivity index (χ0n) is 41.1. The largest absolute Gasteiger partial charge is 0.456 e. The fourth-order valence-corrected chi connectivity index (χ4v) is 8.00. The van der Waals surface area contributed by atoms with Gasteiger partial charge in [-0.1, -0.05) is 195 Å². The molecule has 7 rings (SSSR count). The second-order valence-electron chi connectivity index (χ2n) is 18.0. The molecule has 0 radical (unpaired) electrons. The van der Waals surface area contributed by atoms with Crippen LogP contribution in [0.5, 0.6) is 0 Å². The maximum absolute atomic E-state index is 8.41. The molecule has 1 heterocycles. The van der Waals surface area contributed by atoms with Gasteiger partial charge in [-0.05, 0) is 146 Å². The Hall–Kier alpha value is -6.43. The lowest BCUT2D eigenvalue weighted by molar-refractivity contribution is 0.537. The molecule has 0 N–H and O–H groups in total. The van der Waals surface area contributed by atoms with Crippen LogP contribution in [0.2, 0.25) is 0 Å². The van der Waals surface area contributed by atoms with Crippen molar-refractivity contribution in [3.8, 4) is 17.2 Å². The Morgan fingerprint density at radius 2 is 1.42 bits per heavy atom. The van der Waals surface area contributed by atoms with E-state index in [-0.39, 0.29) is 10.8 Å². The predicted octanol–water partition coefficient (Wildman–Crippen LogP) is 18.1. The van der Waals surface area contributed by atoms with E-state index in [0.717, 1.165) is 41.9 Å². The van der Waals surface area contributed by atoms with Gasteiger partial charge in [0.15, 0.2) is 0 Å². The van der Waals surface area contributed by atoms with E-state index in [4.69, 9.17) is 9.68 Å². The molecule has 0 spiro atoms. The molecule has 5 aromatic rings. The predicted molar refractivity (Wildman–Crippen MR) is 284 cm³/mol. The van der Waals surface area contributed by atoms with E-state index >= 15 is 0 Å². The molecule has 0 bridgehead atoms. The molecule has 0 amide bonds. The van der Waals surface area contributed by atoms with Crippen molar-refractivity contribution in [2.45, 2.75) is 113 Å². The second-order valence-corrected chi connectivity index (χ2v) is 18.0. The summed E-state index contributed by atoms with van der Waals surface area (Å²) in [4.78, 5) is 0. The highest BCUT2D eigenvalue weighted by molar-refractivity contribution is 5.91. The highest BCUT2D eigenvalue weighted by Gasteiger charge is 2.37. The maximum atomic E-state index is 8.41. The van der Waals surface area contributed by atoms with Crippen LogP contribution in [0.25, 0.3) is 41.0 Å². The van der Waals surface area contributed by atoms with E-state index in [0.29, 0.717) is 0 Å². The molecule has 0 saturated carbocycles. The Labute approximate surface area is 388 Å². The van der Waals surface area contributed by atoms with Gasteiger partial charge in [-0.15, -0.1) is 0 Å². The molecule has 0 aliphatic heterocycles. The number of fused-ring (bicyclic) bond motifs is 4. The summed E-state index contributed by atoms with van der Waals surface area (Å²) >= 11 is 0. The van der Waals surface area contributed by atoms with Crippen LogP contribution in [0.1, 0.15) is 147 Å². The highest BCUT2D eigenvalue weighted by Crippen LogP contribution is 2.52. The van der Waals surface area contributed by atoms with Crippen LogP contribution in [0, 0.1) is 39.0 Å². The Morgan fingerprint density at radius 1 is 0.781 bits per heavy atom. The zero-order valence-corrected chi connectivity index (χ0v) is 41.1. The first-order valence-corrected chi connectivity index (χ1v) is 22.5. The van der Waals surface area contributed by atoms with Crippen molar-refractivity contribution in [3.05, 3.63) is 220 Å². The molecular formula is C62H73NO. The van der Waals surface area contributed by atoms with E-state index in [9.17, 15) is 0 Å². The average molecular weight is 848 g/mol. The SMILES string of the molecule is C=C/C=C(\C=C)CC.C=Cc1c(C)cc2c(c1C=C)-c1ccc(C)cc1C2(C)C.C=Cc1oc2c(c1/C=C\C)CCC=C2C.Cc1ccc(C(C)(C)C)cc1.Cc1cccc(C#N)c1. The third-order valence-corrected chi connectivity index (χ3v) is 11.7. The summed E-state index contributed by atoms with van der Waals surface area (Å²) in [6.45, 7) is 45.0. The number of rotatable bonds is 7. The Morgan fingerprint density at radius 3 is 1.92 bits per heavy atom. The van der Waals surface area contributed by atoms with Crippen LogP contribution in [-0.4, -0.2) is 0 Å². The van der Waals surface area contributed by atoms with Crippen molar-refractivity contribution >= 4 is 29.9 Å². The van der Waals surface area contributed by atoms with Crippen molar-refractivity contribution in [1.82, 2.24) is 0 Å². The van der Waals surface area contributed by atoms with Crippen molar-refractivity contribution in [1.29, 1.82) is 5.26 Å². The van der Waals surface area contributed by atoms with Crippen LogP contribution in [0.4, 0.5) is 0 Å². The van der Waals surface area contributed by atoms with Gasteiger partial charge in [0.2, 0.25) is 0 Å². The fraction of sp³-hybridized carbons (Fsp3) is 0.274. The number of hydrogen-bond donors (Lipinski definition) is 0. The third kappa shape index (κ3) is 13.1. The molecule has 0 fully saturated rings. The molecule has 4 aromatic carbocycles. The van der Waals surface area contributed by atoms with Gasteiger partial charge in [-0.3, -0.25) is 0 Å². The normalized spacial score (nSPS) is 12.9. The minimum absolute atomic E-state index is 0.0406. The van der Waals surface area contributed by atoms with Crippen LogP contribution in [0.15, 0.2) is 146 Å². The summed E-state index contributed by atoms with van der Waals surface area (Å²) in [5.41, 5.74) is 20.5. The molecule has 0 atom stereocenters. The monoisotopic (exact) mass is 848 g/mol. The van der Waals surface area contributed by atoms with Gasteiger partial charge in [0.25, 0.3) is 0 Å². The van der Waals surface area contributed by atoms with E-state index in [1.54, 1.807) is 18.2 Å². The quantitative estimate of drug-likeness (QED) is 0.153. The number of aryl methyl sites for hydroxylation is 4. The highest BCUT2D eigenvalue weighted by atomic mass is 16.3. The standard InChI is InChI=1S/C21H22.C14H16O.C11H16.C8H7N.C8H12/c1-7-15-14(4)12-19-20(16(15)8-2)17-10-9-13(3)11-18(17)21(19,5)6;1-4-7-11-12-9-6-8-10(3)14(12)15-13(11)5-2;1-9-5-7-10(8-6-9)11(2,3)4;1-7-3-2-4-8(5-7)6-9;1-4-7-8(5-2)6-3/h7-12H,1-2H2,3-6H3;4-5,7-8H,2,6,9H2,1,3H3;5-8H,1-4H3;2-5H,1H3;4-5,7H,1-2,6H2,3H3/b;7-4-;;;8-7+. The summed E-state index contributed by atoms with van der Waals surface area (Å²) in [5, 5.41) is 8.41. The molecule has 0 saturated heterocycles. The first kappa shape index (κ1) is 51.9. The fourth-order valence-electron chi connectivity index (χ4n) is 8.00. The summed E-state index contributed by atoms with van der Waals surface area (Å²) < 4.78 is 5.81. The second kappa shape index (κ2) is 23.9. The lowest BCUT2D eigenvalue weighted by Gasteiger charge is -2.23. The molecule has 2 aliphatic carbocycles. The molecule has 2 aliphatic rings. The number of hydrogen-bond acceptors (Lipinski definition) is 2. The van der Waals surface area contributed by atoms with Gasteiger partial charge in [0, 0.05) is 16.5 Å². The zero-order chi connectivity index (χ0) is 47.8. The van der Waals surface area contributed by atoms with E-state index in [1.165, 1.54) is 77.9 Å². The van der Waals surface area contributed by atoms with Crippen molar-refractivity contribution in [3.63, 3.8) is 0 Å². The number of nitrogens with zero attached hydrogens (tertiary/aromatic N) is 1. The number of furan rings is 1. The van der Waals surface area contributed by atoms with Gasteiger partial charge in [-0.25, -0.2) is 0 Å². The molecule has 1 aromatic heterocycles. The lowest BCUT2D eigenvalue weighted by atomic mass is 9.80. The van der Waals surface area contributed by atoms with E-state index in [2.05, 4.69) is 169 Å². The molecule has 0 unspecified atom stereocenters. The van der Waals surface area contributed by atoms with Gasteiger partial charge in [-0.2, -0.15) is 5.26 Å². The smallest absolute Gasteiger partial charge is 0.134 e. The molecule has 2 nitrogen and oxygen atoms in total. The van der Waals surface area contributed by atoms with Crippen molar-refractivity contribution in [2.75, 3.05) is 0 Å². The molecule has 2 heteroatoms. The van der Waals surface area contributed by atoms with Gasteiger partial charge in [0.05, 0.1) is 11.6 Å². The van der Waals surface area contributed by atoms with E-state index < -0.39 is 0 Å². The van der Waals surface area contributed by atoms with E-state index in [1.807, 2.05) is 62.4 Å². The number of benzene rings is 4. The van der Waals surface area contributed by atoms with Crippen molar-refractivity contribution in [2.24, 2.45) is 0 Å².